The summed E-state index contributed by atoms with van der Waals surface area (Å²) in [5.74, 6) is 0. The molecule has 4 heteroatoms. The molecule has 1 aromatic rings. The summed E-state index contributed by atoms with van der Waals surface area (Å²) in [6.45, 7) is 0. The number of aryl methyl sites for hydroxylation is 1. The number of fused-ring (bicyclic) bond motifs is 1. The van der Waals surface area contributed by atoms with Crippen molar-refractivity contribution >= 4 is 11.7 Å². The van der Waals surface area contributed by atoms with Gasteiger partial charge in [0.1, 0.15) is 0 Å². The van der Waals surface area contributed by atoms with Crippen LogP contribution in [-0.4, -0.2) is 11.7 Å². The summed E-state index contributed by atoms with van der Waals surface area (Å²) in [4.78, 5) is 10.6. The molecule has 0 radical (unpaired) electrons. The quantitative estimate of drug-likeness (QED) is 0.665. The summed E-state index contributed by atoms with van der Waals surface area (Å²) in [5, 5.41) is 4.02. The Morgan fingerprint density at radius 1 is 1.33 bits per heavy atom. The molecule has 0 atom stereocenters. The number of rotatable bonds is 1. The Hall–Kier alpha value is -1.84. The van der Waals surface area contributed by atoms with Crippen molar-refractivity contribution in [1.29, 1.82) is 0 Å². The lowest BCUT2D eigenvalue weighted by Gasteiger charge is -2.17. The van der Waals surface area contributed by atoms with Crippen molar-refractivity contribution in [2.75, 3.05) is 0 Å². The topological polar surface area (TPSA) is 67.5 Å². The smallest absolute Gasteiger partial charge is 0.332 e. The van der Waals surface area contributed by atoms with Crippen LogP contribution in [0.25, 0.3) is 0 Å². The number of primary amides is 1. The predicted octanol–water partition coefficient (Wildman–Crippen LogP) is 1.40. The second-order valence-electron chi connectivity index (χ2n) is 3.55. The number of benzene rings is 1. The van der Waals surface area contributed by atoms with Crippen LogP contribution >= 0.6 is 0 Å². The first-order chi connectivity index (χ1) is 7.27. The molecule has 4 nitrogen and oxygen atoms in total. The van der Waals surface area contributed by atoms with Crippen LogP contribution in [-0.2, 0) is 6.42 Å². The molecule has 2 amide bonds. The Bertz CT molecular complexity index is 412. The minimum absolute atomic E-state index is 0.620. The van der Waals surface area contributed by atoms with E-state index in [2.05, 4.69) is 16.6 Å². The minimum Gasteiger partial charge on any atom is -0.350 e. The molecule has 0 aliphatic heterocycles. The number of nitrogens with two attached hydrogens (primary N) is 1. The Kier molecular flexibility index (Phi) is 2.67. The van der Waals surface area contributed by atoms with Gasteiger partial charge in [0, 0.05) is 5.56 Å². The molecule has 0 fully saturated rings. The van der Waals surface area contributed by atoms with E-state index in [1.165, 1.54) is 5.56 Å². The van der Waals surface area contributed by atoms with Crippen molar-refractivity contribution < 1.29 is 4.79 Å². The molecule has 0 bridgehead atoms. The SMILES string of the molecule is NC(=O)N/N=C1\CCCc2ccccc21. The van der Waals surface area contributed by atoms with E-state index in [-0.39, 0.29) is 0 Å². The van der Waals surface area contributed by atoms with Crippen LogP contribution in [0.1, 0.15) is 24.0 Å². The fourth-order valence-electron chi connectivity index (χ4n) is 1.84. The van der Waals surface area contributed by atoms with Crippen molar-refractivity contribution in [3.05, 3.63) is 35.4 Å². The van der Waals surface area contributed by atoms with E-state index >= 15 is 0 Å². The molecular weight excluding hydrogens is 190 g/mol. The highest BCUT2D eigenvalue weighted by Gasteiger charge is 2.14. The highest BCUT2D eigenvalue weighted by molar-refractivity contribution is 6.03. The van der Waals surface area contributed by atoms with E-state index in [1.54, 1.807) is 0 Å². The molecular formula is C11H13N3O. The number of nitrogens with one attached hydrogen (secondary N) is 1. The van der Waals surface area contributed by atoms with Gasteiger partial charge in [0.2, 0.25) is 0 Å². The van der Waals surface area contributed by atoms with Crippen molar-refractivity contribution in [2.45, 2.75) is 19.3 Å². The van der Waals surface area contributed by atoms with Gasteiger partial charge >= 0.3 is 6.03 Å². The van der Waals surface area contributed by atoms with Gasteiger partial charge in [-0.2, -0.15) is 5.10 Å². The lowest BCUT2D eigenvalue weighted by molar-refractivity contribution is 0.249. The second kappa shape index (κ2) is 4.13. The maximum absolute atomic E-state index is 10.6. The van der Waals surface area contributed by atoms with Crippen molar-refractivity contribution in [1.82, 2.24) is 5.43 Å². The van der Waals surface area contributed by atoms with E-state index < -0.39 is 6.03 Å². The standard InChI is InChI=1S/C11H13N3O/c12-11(15)14-13-10-7-3-5-8-4-1-2-6-9(8)10/h1-2,4,6H,3,5,7H2,(H3,12,14,15)/b13-10+. The zero-order valence-electron chi connectivity index (χ0n) is 8.36. The Morgan fingerprint density at radius 3 is 2.93 bits per heavy atom. The van der Waals surface area contributed by atoms with Gasteiger partial charge in [-0.3, -0.25) is 0 Å². The van der Waals surface area contributed by atoms with Gasteiger partial charge in [0.15, 0.2) is 0 Å². The highest BCUT2D eigenvalue weighted by Crippen LogP contribution is 2.20. The summed E-state index contributed by atoms with van der Waals surface area (Å²) < 4.78 is 0. The van der Waals surface area contributed by atoms with Crippen LogP contribution in [0.2, 0.25) is 0 Å². The monoisotopic (exact) mass is 203 g/mol. The molecule has 1 aliphatic rings. The van der Waals surface area contributed by atoms with E-state index in [0.717, 1.165) is 30.5 Å². The molecule has 1 aromatic carbocycles. The maximum Gasteiger partial charge on any atom is 0.332 e. The van der Waals surface area contributed by atoms with Gasteiger partial charge in [0.25, 0.3) is 0 Å². The van der Waals surface area contributed by atoms with Crippen molar-refractivity contribution in [3.63, 3.8) is 0 Å². The normalized spacial score (nSPS) is 17.2. The van der Waals surface area contributed by atoms with Crippen LogP contribution in [0.15, 0.2) is 29.4 Å². The predicted molar refractivity (Wildman–Crippen MR) is 58.6 cm³/mol. The molecule has 2 rings (SSSR count). The molecule has 15 heavy (non-hydrogen) atoms. The molecule has 0 spiro atoms. The van der Waals surface area contributed by atoms with Crippen LogP contribution < -0.4 is 11.2 Å². The van der Waals surface area contributed by atoms with Crippen LogP contribution in [0, 0.1) is 0 Å². The Labute approximate surface area is 88.2 Å². The number of nitrogens with zero attached hydrogens (tertiary/aromatic N) is 1. The lowest BCUT2D eigenvalue weighted by Crippen LogP contribution is -2.27. The van der Waals surface area contributed by atoms with Crippen LogP contribution in [0.4, 0.5) is 4.79 Å². The molecule has 0 saturated carbocycles. The van der Waals surface area contributed by atoms with Gasteiger partial charge < -0.3 is 5.73 Å². The first-order valence-electron chi connectivity index (χ1n) is 4.97. The van der Waals surface area contributed by atoms with Gasteiger partial charge in [-0.05, 0) is 24.8 Å². The highest BCUT2D eigenvalue weighted by atomic mass is 16.2. The van der Waals surface area contributed by atoms with Gasteiger partial charge in [-0.15, -0.1) is 0 Å². The zero-order valence-corrected chi connectivity index (χ0v) is 8.36. The summed E-state index contributed by atoms with van der Waals surface area (Å²) in [5.41, 5.74) is 10.6. The minimum atomic E-state index is -0.620. The Balaban J connectivity index is 2.29. The Morgan fingerprint density at radius 2 is 2.13 bits per heavy atom. The third kappa shape index (κ3) is 2.15. The molecule has 0 saturated heterocycles. The van der Waals surface area contributed by atoms with Crippen molar-refractivity contribution in [3.8, 4) is 0 Å². The number of amides is 2. The van der Waals surface area contributed by atoms with Crippen LogP contribution in [0.5, 0.6) is 0 Å². The second-order valence-corrected chi connectivity index (χ2v) is 3.55. The lowest BCUT2D eigenvalue weighted by atomic mass is 9.90. The number of carbonyl (C=O) groups excluding carboxylic acids is 1. The maximum atomic E-state index is 10.6. The molecule has 0 heterocycles. The van der Waals surface area contributed by atoms with Crippen LogP contribution in [0.3, 0.4) is 0 Å². The van der Waals surface area contributed by atoms with Gasteiger partial charge in [0.05, 0.1) is 5.71 Å². The first kappa shape index (κ1) is 9.71. The summed E-state index contributed by atoms with van der Waals surface area (Å²) >= 11 is 0. The van der Waals surface area contributed by atoms with E-state index in [0.29, 0.717) is 0 Å². The largest absolute Gasteiger partial charge is 0.350 e. The number of urea groups is 1. The molecule has 0 aromatic heterocycles. The van der Waals surface area contributed by atoms with E-state index in [9.17, 15) is 4.79 Å². The average molecular weight is 203 g/mol. The average Bonchev–Trinajstić information content (AvgIpc) is 2.26. The van der Waals surface area contributed by atoms with E-state index in [4.69, 9.17) is 5.73 Å². The van der Waals surface area contributed by atoms with Crippen molar-refractivity contribution in [2.24, 2.45) is 10.8 Å². The number of hydrazone groups is 1. The van der Waals surface area contributed by atoms with E-state index in [1.807, 2.05) is 18.2 Å². The number of hydrogen-bond donors (Lipinski definition) is 2. The van der Waals surface area contributed by atoms with Gasteiger partial charge in [-0.1, -0.05) is 24.3 Å². The third-order valence-corrected chi connectivity index (χ3v) is 2.49. The summed E-state index contributed by atoms with van der Waals surface area (Å²) in [7, 11) is 0. The molecule has 78 valence electrons. The summed E-state index contributed by atoms with van der Waals surface area (Å²) in [6, 6.07) is 7.49. The fourth-order valence-corrected chi connectivity index (χ4v) is 1.84. The van der Waals surface area contributed by atoms with Gasteiger partial charge in [-0.25, -0.2) is 10.2 Å². The summed E-state index contributed by atoms with van der Waals surface area (Å²) in [6.07, 6.45) is 3.03. The third-order valence-electron chi connectivity index (χ3n) is 2.49. The number of hydrogen-bond acceptors (Lipinski definition) is 2. The zero-order chi connectivity index (χ0) is 10.7. The fraction of sp³-hybridized carbons (Fsp3) is 0.273. The number of carbonyl (C=O) groups is 1. The molecule has 0 unspecified atom stereocenters. The first-order valence-corrected chi connectivity index (χ1v) is 4.97. The molecule has 1 aliphatic carbocycles. The molecule has 3 N–H and O–H groups in total.